The number of nitrogens with one attached hydrogen (secondary N) is 6. The Balaban J connectivity index is 1.47. The van der Waals surface area contributed by atoms with Crippen molar-refractivity contribution in [1.82, 2.24) is 31.1 Å². The van der Waals surface area contributed by atoms with E-state index >= 15 is 0 Å². The molecule has 198 valence electrons. The third-order valence-corrected chi connectivity index (χ3v) is 7.21. The number of carbonyl (C=O) groups excluding carboxylic acids is 3. The molecule has 4 saturated heterocycles. The number of alkyl halides is 3. The van der Waals surface area contributed by atoms with Gasteiger partial charge < -0.3 is 36.4 Å². The van der Waals surface area contributed by atoms with Crippen LogP contribution in [0.3, 0.4) is 0 Å². The summed E-state index contributed by atoms with van der Waals surface area (Å²) < 4.78 is 40.3. The van der Waals surface area contributed by atoms with Crippen molar-refractivity contribution in [3.8, 4) is 0 Å². The Morgan fingerprint density at radius 1 is 1.14 bits per heavy atom. The van der Waals surface area contributed by atoms with Gasteiger partial charge in [0.2, 0.25) is 17.6 Å². The monoisotopic (exact) mass is 524 g/mol. The summed E-state index contributed by atoms with van der Waals surface area (Å²) in [6.45, 7) is -0.667. The smallest absolute Gasteiger partial charge is 0.361 e. The lowest BCUT2D eigenvalue weighted by Gasteiger charge is -2.51. The Bertz CT molecular complexity index is 1210. The minimum atomic E-state index is -4.84. The minimum absolute atomic E-state index is 0.0177. The van der Waals surface area contributed by atoms with Gasteiger partial charge in [-0.2, -0.15) is 13.2 Å². The van der Waals surface area contributed by atoms with E-state index in [1.54, 1.807) is 0 Å². The van der Waals surface area contributed by atoms with Crippen LogP contribution in [0.2, 0.25) is 0 Å². The van der Waals surface area contributed by atoms with Gasteiger partial charge in [0.15, 0.2) is 17.6 Å². The van der Waals surface area contributed by atoms with Gasteiger partial charge in [-0.25, -0.2) is 0 Å². The van der Waals surface area contributed by atoms with Crippen molar-refractivity contribution >= 4 is 29.6 Å². The molecule has 4 aliphatic heterocycles. The molecule has 1 aromatic rings. The molecule has 0 saturated carbocycles. The number of imide groups is 1. The number of hydrogen-bond acceptors (Lipinski definition) is 7. The van der Waals surface area contributed by atoms with E-state index in [1.165, 1.54) is 6.07 Å². The molecule has 4 heterocycles. The Kier molecular flexibility index (Phi) is 5.38. The zero-order chi connectivity index (χ0) is 26.9. The van der Waals surface area contributed by atoms with Crippen LogP contribution in [0.4, 0.5) is 13.2 Å². The van der Waals surface area contributed by atoms with Crippen LogP contribution in [-0.4, -0.2) is 92.3 Å². The highest BCUT2D eigenvalue weighted by molar-refractivity contribution is 6.02. The van der Waals surface area contributed by atoms with Crippen molar-refractivity contribution in [3.05, 3.63) is 35.4 Å². The lowest BCUT2D eigenvalue weighted by molar-refractivity contribution is -0.232. The topological polar surface area (TPSA) is 194 Å². The lowest BCUT2D eigenvalue weighted by atomic mass is 9.84. The van der Waals surface area contributed by atoms with Gasteiger partial charge in [0.25, 0.3) is 5.91 Å². The molecule has 0 aromatic heterocycles. The fourth-order valence-corrected chi connectivity index (χ4v) is 5.52. The molecule has 1 aromatic carbocycles. The van der Waals surface area contributed by atoms with E-state index in [0.29, 0.717) is 0 Å². The molecule has 8 N–H and O–H groups in total. The van der Waals surface area contributed by atoms with Gasteiger partial charge >= 0.3 is 6.18 Å². The third kappa shape index (κ3) is 3.58. The average molecular weight is 524 g/mol. The van der Waals surface area contributed by atoms with E-state index in [-0.39, 0.29) is 31.3 Å². The normalized spacial score (nSPS) is 30.5. The predicted molar refractivity (Wildman–Crippen MR) is 118 cm³/mol. The van der Waals surface area contributed by atoms with Gasteiger partial charge in [0.1, 0.15) is 6.04 Å². The molecule has 1 spiro atoms. The van der Waals surface area contributed by atoms with Crippen LogP contribution >= 0.6 is 0 Å². The SMILES string of the molecule is N=C1N[C@H]2C(CN3C(=O)CCC3=O)NC(=N)N3CC(NC(=O)c4ccccc4C(F)(F)F)C(O)(O)[C@]23N1. The molecule has 4 aliphatic rings. The lowest BCUT2D eigenvalue weighted by Crippen LogP contribution is -2.81. The van der Waals surface area contributed by atoms with E-state index < -0.39 is 71.1 Å². The Hall–Kier alpha value is -3.92. The quantitative estimate of drug-likeness (QED) is 0.163. The summed E-state index contributed by atoms with van der Waals surface area (Å²) in [5.74, 6) is -5.75. The number of halogens is 3. The van der Waals surface area contributed by atoms with Crippen molar-refractivity contribution in [1.29, 1.82) is 10.8 Å². The van der Waals surface area contributed by atoms with Crippen LogP contribution < -0.4 is 21.3 Å². The molecule has 37 heavy (non-hydrogen) atoms. The van der Waals surface area contributed by atoms with Crippen LogP contribution in [0.1, 0.15) is 28.8 Å². The summed E-state index contributed by atoms with van der Waals surface area (Å²) in [7, 11) is 0. The maximum atomic E-state index is 13.4. The van der Waals surface area contributed by atoms with Crippen molar-refractivity contribution in [2.24, 2.45) is 0 Å². The summed E-state index contributed by atoms with van der Waals surface area (Å²) in [4.78, 5) is 39.3. The summed E-state index contributed by atoms with van der Waals surface area (Å²) in [5, 5.41) is 49.6. The fraction of sp³-hybridized carbons (Fsp3) is 0.476. The number of hydrogen-bond donors (Lipinski definition) is 8. The predicted octanol–water partition coefficient (Wildman–Crippen LogP) is -1.95. The second kappa shape index (κ2) is 8.04. The molecule has 0 radical (unpaired) electrons. The zero-order valence-corrected chi connectivity index (χ0v) is 19.0. The number of carbonyl (C=O) groups is 3. The van der Waals surface area contributed by atoms with Gasteiger partial charge in [-0.05, 0) is 12.1 Å². The number of likely N-dealkylation sites (tertiary alicyclic amines) is 1. The third-order valence-electron chi connectivity index (χ3n) is 7.21. The summed E-state index contributed by atoms with van der Waals surface area (Å²) in [6.07, 6.45) is -4.80. The Labute approximate surface area is 207 Å². The van der Waals surface area contributed by atoms with Crippen molar-refractivity contribution in [3.63, 3.8) is 0 Å². The number of guanidine groups is 2. The van der Waals surface area contributed by atoms with Crippen LogP contribution in [0.25, 0.3) is 0 Å². The molecule has 2 unspecified atom stereocenters. The Morgan fingerprint density at radius 2 is 1.78 bits per heavy atom. The van der Waals surface area contributed by atoms with Gasteiger partial charge in [-0.3, -0.25) is 30.1 Å². The molecule has 4 atom stereocenters. The van der Waals surface area contributed by atoms with Crippen LogP contribution in [-0.2, 0) is 15.8 Å². The first kappa shape index (κ1) is 24.8. The molecule has 5 rings (SSSR count). The van der Waals surface area contributed by atoms with Crippen LogP contribution in [0, 0.1) is 10.8 Å². The average Bonchev–Trinajstić information content (AvgIpc) is 3.41. The highest BCUT2D eigenvalue weighted by Gasteiger charge is 2.74. The first-order valence-corrected chi connectivity index (χ1v) is 11.3. The molecule has 13 nitrogen and oxygen atoms in total. The van der Waals surface area contributed by atoms with Gasteiger partial charge in [-0.15, -0.1) is 0 Å². The second-order valence-corrected chi connectivity index (χ2v) is 9.29. The molecule has 16 heteroatoms. The highest BCUT2D eigenvalue weighted by atomic mass is 19.4. The van der Waals surface area contributed by atoms with E-state index in [2.05, 4.69) is 21.3 Å². The largest absolute Gasteiger partial charge is 0.417 e. The maximum Gasteiger partial charge on any atom is 0.417 e. The number of aliphatic hydroxyl groups is 2. The molecule has 0 aliphatic carbocycles. The van der Waals surface area contributed by atoms with Gasteiger partial charge in [0, 0.05) is 19.4 Å². The number of amides is 3. The molecule has 0 bridgehead atoms. The standard InChI is InChI=1S/C21H23F3N8O5/c22-21(23,24)10-4-2-1-3-9(10)16(35)28-12-8-32-18(26)27-11(7-31-13(33)5-6-14(31)34)15-19(32,20(12,36)37)30-17(25)29-15/h1-4,11-12,15,36-37H,5-8H2,(H2,26,27)(H,28,35)(H3,25,29,30)/t11?,12?,15-,19-/m0/s1. The zero-order valence-electron chi connectivity index (χ0n) is 19.0. The Morgan fingerprint density at radius 3 is 2.43 bits per heavy atom. The van der Waals surface area contributed by atoms with E-state index in [1.807, 2.05) is 0 Å². The highest BCUT2D eigenvalue weighted by Crippen LogP contribution is 2.43. The van der Waals surface area contributed by atoms with Crippen LogP contribution in [0.15, 0.2) is 24.3 Å². The first-order chi connectivity index (χ1) is 17.3. The first-order valence-electron chi connectivity index (χ1n) is 11.3. The summed E-state index contributed by atoms with van der Waals surface area (Å²) in [5.41, 5.74) is -3.98. The van der Waals surface area contributed by atoms with E-state index in [4.69, 9.17) is 10.8 Å². The number of benzene rings is 1. The fourth-order valence-electron chi connectivity index (χ4n) is 5.52. The molecule has 3 amide bonds. The van der Waals surface area contributed by atoms with Gasteiger partial charge in [0.05, 0.1) is 29.8 Å². The maximum absolute atomic E-state index is 13.4. The van der Waals surface area contributed by atoms with Crippen molar-refractivity contribution in [2.45, 2.75) is 48.6 Å². The summed E-state index contributed by atoms with van der Waals surface area (Å²) in [6, 6.07) is 0.341. The molecule has 4 fully saturated rings. The molecular formula is C21H23F3N8O5. The number of rotatable bonds is 4. The molecular weight excluding hydrogens is 501 g/mol. The van der Waals surface area contributed by atoms with Crippen molar-refractivity contribution in [2.75, 3.05) is 13.1 Å². The van der Waals surface area contributed by atoms with E-state index in [9.17, 15) is 37.8 Å². The van der Waals surface area contributed by atoms with Crippen molar-refractivity contribution < 1.29 is 37.8 Å². The second-order valence-electron chi connectivity index (χ2n) is 9.29. The van der Waals surface area contributed by atoms with E-state index in [0.717, 1.165) is 28.0 Å². The minimum Gasteiger partial charge on any atom is -0.361 e. The number of nitrogens with zero attached hydrogens (tertiary/aromatic N) is 2. The van der Waals surface area contributed by atoms with Crippen LogP contribution in [0.5, 0.6) is 0 Å². The van der Waals surface area contributed by atoms with Gasteiger partial charge in [-0.1, -0.05) is 12.1 Å². The summed E-state index contributed by atoms with van der Waals surface area (Å²) >= 11 is 0.